The number of hydrogen-bond acceptors (Lipinski definition) is 5. The van der Waals surface area contributed by atoms with E-state index in [0.29, 0.717) is 11.3 Å². The zero-order valence-corrected chi connectivity index (χ0v) is 10.2. The van der Waals surface area contributed by atoms with Crippen molar-refractivity contribution in [2.75, 3.05) is 11.9 Å². The van der Waals surface area contributed by atoms with Gasteiger partial charge in [0.2, 0.25) is 5.88 Å². The Labute approximate surface area is 109 Å². The molecule has 0 fully saturated rings. The smallest absolute Gasteiger partial charge is 0.277 e. The number of anilines is 1. The van der Waals surface area contributed by atoms with E-state index >= 15 is 0 Å². The summed E-state index contributed by atoms with van der Waals surface area (Å²) >= 11 is 0. The molecule has 0 unspecified atom stereocenters. The first-order valence-corrected chi connectivity index (χ1v) is 5.50. The number of hydrogen-bond donors (Lipinski definition) is 2. The number of pyridine rings is 1. The quantitative estimate of drug-likeness (QED) is 0.783. The topological polar surface area (TPSA) is 88.2 Å². The van der Waals surface area contributed by atoms with E-state index in [2.05, 4.69) is 27.3 Å². The van der Waals surface area contributed by atoms with Gasteiger partial charge in [-0.05, 0) is 19.1 Å². The van der Waals surface area contributed by atoms with Gasteiger partial charge in [-0.1, -0.05) is 17.0 Å². The molecule has 96 valence electrons. The number of carbonyl (C=O) groups excluding carboxylic acids is 1. The van der Waals surface area contributed by atoms with Crippen LogP contribution in [0.5, 0.6) is 0 Å². The lowest BCUT2D eigenvalue weighted by Crippen LogP contribution is -2.14. The SMILES string of the molecule is Cc1cc(NC(=O)c2ncccc2C#CCO)on1. The van der Waals surface area contributed by atoms with Gasteiger partial charge in [0, 0.05) is 12.3 Å². The molecule has 2 heterocycles. The predicted molar refractivity (Wildman–Crippen MR) is 67.4 cm³/mol. The zero-order chi connectivity index (χ0) is 13.7. The van der Waals surface area contributed by atoms with E-state index in [9.17, 15) is 4.79 Å². The number of aromatic nitrogens is 2. The Bertz CT molecular complexity index is 652. The van der Waals surface area contributed by atoms with Gasteiger partial charge in [-0.15, -0.1) is 0 Å². The number of amides is 1. The van der Waals surface area contributed by atoms with Crippen molar-refractivity contribution < 1.29 is 14.4 Å². The Morgan fingerprint density at radius 2 is 2.42 bits per heavy atom. The average Bonchev–Trinajstić information content (AvgIpc) is 2.82. The molecule has 1 amide bonds. The molecule has 0 bridgehead atoms. The molecule has 6 heteroatoms. The Morgan fingerprint density at radius 3 is 3.11 bits per heavy atom. The van der Waals surface area contributed by atoms with Crippen LogP contribution in [0.4, 0.5) is 5.88 Å². The van der Waals surface area contributed by atoms with Crippen molar-refractivity contribution in [2.45, 2.75) is 6.92 Å². The first-order chi connectivity index (χ1) is 9.20. The second-order valence-corrected chi connectivity index (χ2v) is 3.65. The maximum atomic E-state index is 12.0. The molecule has 2 N–H and O–H groups in total. The maximum absolute atomic E-state index is 12.0. The van der Waals surface area contributed by atoms with Crippen LogP contribution in [-0.2, 0) is 0 Å². The van der Waals surface area contributed by atoms with Crippen LogP contribution in [-0.4, -0.2) is 27.8 Å². The van der Waals surface area contributed by atoms with Crippen LogP contribution in [0.1, 0.15) is 21.7 Å². The normalized spacial score (nSPS) is 9.58. The molecule has 0 spiro atoms. The number of aliphatic hydroxyl groups excluding tert-OH is 1. The third-order valence-electron chi connectivity index (χ3n) is 2.19. The highest BCUT2D eigenvalue weighted by atomic mass is 16.5. The van der Waals surface area contributed by atoms with Crippen molar-refractivity contribution in [1.82, 2.24) is 10.1 Å². The largest absolute Gasteiger partial charge is 0.384 e. The van der Waals surface area contributed by atoms with Gasteiger partial charge in [-0.3, -0.25) is 10.1 Å². The summed E-state index contributed by atoms with van der Waals surface area (Å²) in [6.07, 6.45) is 1.49. The second kappa shape index (κ2) is 5.80. The van der Waals surface area contributed by atoms with E-state index in [4.69, 9.17) is 9.63 Å². The standard InChI is InChI=1S/C13H11N3O3/c1-9-8-11(19-16-9)15-13(18)12-10(5-3-7-17)4-2-6-14-12/h2,4,6,8,17H,7H2,1H3,(H,15,18). The Kier molecular flexibility index (Phi) is 3.90. The van der Waals surface area contributed by atoms with Crippen LogP contribution in [0, 0.1) is 18.8 Å². The molecule has 0 aliphatic heterocycles. The summed E-state index contributed by atoms with van der Waals surface area (Å²) in [7, 11) is 0. The minimum absolute atomic E-state index is 0.164. The molecule has 2 rings (SSSR count). The molecule has 0 atom stereocenters. The van der Waals surface area contributed by atoms with E-state index in [1.165, 1.54) is 6.20 Å². The predicted octanol–water partition coefficient (Wildman–Crippen LogP) is 0.974. The minimum atomic E-state index is -0.445. The van der Waals surface area contributed by atoms with Gasteiger partial charge >= 0.3 is 0 Å². The molecular weight excluding hydrogens is 246 g/mol. The number of nitrogens with one attached hydrogen (secondary N) is 1. The molecule has 0 saturated heterocycles. The van der Waals surface area contributed by atoms with Gasteiger partial charge in [0.1, 0.15) is 12.3 Å². The fourth-order valence-electron chi connectivity index (χ4n) is 1.42. The summed E-state index contributed by atoms with van der Waals surface area (Å²) in [6, 6.07) is 4.91. The van der Waals surface area contributed by atoms with Crippen molar-refractivity contribution in [3.05, 3.63) is 41.3 Å². The van der Waals surface area contributed by atoms with Crippen LogP contribution in [0.2, 0.25) is 0 Å². The van der Waals surface area contributed by atoms with E-state index in [1.54, 1.807) is 25.1 Å². The number of nitrogens with zero attached hydrogens (tertiary/aromatic N) is 2. The van der Waals surface area contributed by atoms with Gasteiger partial charge in [0.25, 0.3) is 5.91 Å². The van der Waals surface area contributed by atoms with Crippen molar-refractivity contribution in [1.29, 1.82) is 0 Å². The molecule has 0 aliphatic rings. The molecule has 0 saturated carbocycles. The molecule has 0 aromatic carbocycles. The van der Waals surface area contributed by atoms with Gasteiger partial charge in [-0.2, -0.15) is 0 Å². The van der Waals surface area contributed by atoms with Gasteiger partial charge < -0.3 is 9.63 Å². The molecule has 2 aromatic heterocycles. The summed E-state index contributed by atoms with van der Waals surface area (Å²) in [5.74, 6) is 4.94. The van der Waals surface area contributed by atoms with Crippen LogP contribution in [0.25, 0.3) is 0 Å². The van der Waals surface area contributed by atoms with Gasteiger partial charge in [0.15, 0.2) is 0 Å². The van der Waals surface area contributed by atoms with Crippen LogP contribution in [0.15, 0.2) is 28.9 Å². The Morgan fingerprint density at radius 1 is 1.58 bits per heavy atom. The summed E-state index contributed by atoms with van der Waals surface area (Å²) in [4.78, 5) is 16.0. The fraction of sp³-hybridized carbons (Fsp3) is 0.154. The molecular formula is C13H11N3O3. The molecule has 2 aromatic rings. The van der Waals surface area contributed by atoms with Gasteiger partial charge in [0.05, 0.1) is 11.3 Å². The summed E-state index contributed by atoms with van der Waals surface area (Å²) in [5, 5.41) is 14.9. The number of carbonyl (C=O) groups is 1. The lowest BCUT2D eigenvalue weighted by Gasteiger charge is -2.02. The summed E-state index contributed by atoms with van der Waals surface area (Å²) in [6.45, 7) is 1.47. The van der Waals surface area contributed by atoms with Crippen LogP contribution < -0.4 is 5.32 Å². The lowest BCUT2D eigenvalue weighted by atomic mass is 10.2. The third kappa shape index (κ3) is 3.18. The average molecular weight is 257 g/mol. The van der Waals surface area contributed by atoms with Crippen molar-refractivity contribution >= 4 is 11.8 Å². The summed E-state index contributed by atoms with van der Waals surface area (Å²) in [5.41, 5.74) is 1.26. The molecule has 0 aliphatic carbocycles. The van der Waals surface area contributed by atoms with Crippen molar-refractivity contribution in [3.63, 3.8) is 0 Å². The number of aliphatic hydroxyl groups is 1. The minimum Gasteiger partial charge on any atom is -0.384 e. The highest BCUT2D eigenvalue weighted by Crippen LogP contribution is 2.11. The number of rotatable bonds is 2. The van der Waals surface area contributed by atoms with E-state index in [0.717, 1.165) is 0 Å². The molecule has 0 radical (unpaired) electrons. The van der Waals surface area contributed by atoms with Gasteiger partial charge in [-0.25, -0.2) is 4.98 Å². The maximum Gasteiger partial charge on any atom is 0.277 e. The first kappa shape index (κ1) is 12.8. The van der Waals surface area contributed by atoms with Crippen molar-refractivity contribution in [3.8, 4) is 11.8 Å². The first-order valence-electron chi connectivity index (χ1n) is 5.50. The second-order valence-electron chi connectivity index (χ2n) is 3.65. The third-order valence-corrected chi connectivity index (χ3v) is 2.19. The van der Waals surface area contributed by atoms with Crippen LogP contribution >= 0.6 is 0 Å². The highest BCUT2D eigenvalue weighted by molar-refractivity contribution is 6.03. The fourth-order valence-corrected chi connectivity index (χ4v) is 1.42. The molecule has 19 heavy (non-hydrogen) atoms. The highest BCUT2D eigenvalue weighted by Gasteiger charge is 2.13. The van der Waals surface area contributed by atoms with E-state index < -0.39 is 5.91 Å². The van der Waals surface area contributed by atoms with E-state index in [-0.39, 0.29) is 18.2 Å². The van der Waals surface area contributed by atoms with Crippen LogP contribution in [0.3, 0.4) is 0 Å². The Balaban J connectivity index is 2.23. The zero-order valence-electron chi connectivity index (χ0n) is 10.2. The summed E-state index contributed by atoms with van der Waals surface area (Å²) < 4.78 is 4.89. The van der Waals surface area contributed by atoms with Crippen molar-refractivity contribution in [2.24, 2.45) is 0 Å². The molecule has 6 nitrogen and oxygen atoms in total. The Hall–Kier alpha value is -2.65. The lowest BCUT2D eigenvalue weighted by molar-refractivity contribution is 0.101. The monoisotopic (exact) mass is 257 g/mol. The number of aryl methyl sites for hydroxylation is 1. The van der Waals surface area contributed by atoms with E-state index in [1.807, 2.05) is 0 Å².